The maximum Gasteiger partial charge on any atom is 0.181 e. The maximum atomic E-state index is 11.9. The van der Waals surface area contributed by atoms with Crippen molar-refractivity contribution in [1.29, 1.82) is 0 Å². The largest absolute Gasteiger partial charge is 0.366 e. The van der Waals surface area contributed by atoms with Gasteiger partial charge in [-0.25, -0.2) is 18.4 Å². The van der Waals surface area contributed by atoms with Crippen LogP contribution in [0.15, 0.2) is 60.1 Å². The van der Waals surface area contributed by atoms with Gasteiger partial charge in [-0.15, -0.1) is 11.3 Å². The van der Waals surface area contributed by atoms with Gasteiger partial charge in [0.2, 0.25) is 0 Å². The van der Waals surface area contributed by atoms with E-state index in [4.69, 9.17) is 9.97 Å². The van der Waals surface area contributed by atoms with Crippen LogP contribution in [-0.4, -0.2) is 40.9 Å². The highest BCUT2D eigenvalue weighted by atomic mass is 32.2. The Morgan fingerprint density at radius 1 is 1.03 bits per heavy atom. The Balaban J connectivity index is 1.66. The predicted molar refractivity (Wildman–Crippen MR) is 117 cm³/mol. The summed E-state index contributed by atoms with van der Waals surface area (Å²) >= 11 is 1.55. The Morgan fingerprint density at radius 3 is 2.59 bits per heavy atom. The van der Waals surface area contributed by atoms with Gasteiger partial charge in [-0.1, -0.05) is 36.4 Å². The van der Waals surface area contributed by atoms with Crippen molar-refractivity contribution in [3.63, 3.8) is 0 Å². The number of pyridine rings is 1. The normalized spacial score (nSPS) is 18.1. The molecule has 0 unspecified atom stereocenters. The molecule has 8 heteroatoms. The molecule has 0 spiro atoms. The van der Waals surface area contributed by atoms with Gasteiger partial charge >= 0.3 is 0 Å². The Hall–Kier alpha value is -2.84. The molecule has 3 aromatic heterocycles. The van der Waals surface area contributed by atoms with Crippen LogP contribution < -0.4 is 5.32 Å². The first kappa shape index (κ1) is 18.2. The van der Waals surface area contributed by atoms with Crippen LogP contribution in [0.25, 0.3) is 32.9 Å². The summed E-state index contributed by atoms with van der Waals surface area (Å²) in [5.41, 5.74) is 2.81. The number of nitrogens with zero attached hydrogens (tertiary/aromatic N) is 3. The number of aromatic nitrogens is 3. The monoisotopic (exact) mass is 422 g/mol. The minimum absolute atomic E-state index is 0.127. The second-order valence-electron chi connectivity index (χ2n) is 7.05. The first-order valence-corrected chi connectivity index (χ1v) is 12.0. The Labute approximate surface area is 172 Å². The van der Waals surface area contributed by atoms with Gasteiger partial charge in [0.25, 0.3) is 0 Å². The summed E-state index contributed by atoms with van der Waals surface area (Å²) in [5, 5.41) is 6.39. The van der Waals surface area contributed by atoms with E-state index < -0.39 is 9.84 Å². The van der Waals surface area contributed by atoms with E-state index in [1.165, 1.54) is 0 Å². The van der Waals surface area contributed by atoms with Gasteiger partial charge in [0.1, 0.15) is 16.3 Å². The second-order valence-corrected chi connectivity index (χ2v) is 10.1. The fourth-order valence-corrected chi connectivity index (χ4v) is 6.21. The van der Waals surface area contributed by atoms with Crippen molar-refractivity contribution >= 4 is 37.2 Å². The summed E-state index contributed by atoms with van der Waals surface area (Å²) in [4.78, 5) is 14.7. The molecular formula is C21H18N4O2S2. The highest BCUT2D eigenvalue weighted by molar-refractivity contribution is 7.91. The van der Waals surface area contributed by atoms with Gasteiger partial charge in [-0.3, -0.25) is 4.98 Å². The smallest absolute Gasteiger partial charge is 0.181 e. The molecule has 1 aliphatic rings. The van der Waals surface area contributed by atoms with E-state index in [2.05, 4.69) is 27.8 Å². The van der Waals surface area contributed by atoms with Crippen molar-refractivity contribution in [3.05, 3.63) is 60.1 Å². The number of thiophene rings is 1. The van der Waals surface area contributed by atoms with Gasteiger partial charge in [-0.05, 0) is 24.1 Å². The summed E-state index contributed by atoms with van der Waals surface area (Å²) in [5.74, 6) is 1.53. The molecule has 4 heterocycles. The molecule has 29 heavy (non-hydrogen) atoms. The number of anilines is 1. The van der Waals surface area contributed by atoms with Crippen molar-refractivity contribution in [1.82, 2.24) is 15.0 Å². The van der Waals surface area contributed by atoms with Gasteiger partial charge in [0.15, 0.2) is 15.7 Å². The zero-order valence-electron chi connectivity index (χ0n) is 15.4. The molecule has 6 nitrogen and oxygen atoms in total. The van der Waals surface area contributed by atoms with Crippen molar-refractivity contribution in [2.75, 3.05) is 16.8 Å². The molecule has 0 amide bonds. The summed E-state index contributed by atoms with van der Waals surface area (Å²) in [6.45, 7) is 0. The first-order chi connectivity index (χ1) is 14.1. The van der Waals surface area contributed by atoms with E-state index in [1.54, 1.807) is 17.5 Å². The molecule has 146 valence electrons. The van der Waals surface area contributed by atoms with Crippen molar-refractivity contribution in [2.24, 2.45) is 0 Å². The standard InChI is InChI=1S/C21H18N4O2S2/c26-29(27)11-9-15(13-29)23-20-18-16(14-6-2-1-3-7-14)12-28-21(18)25-19(24-20)17-8-4-5-10-22-17/h1-8,10,12,15H,9,11,13H2,(H,23,24,25)/t15-/m0/s1. The average molecular weight is 423 g/mol. The molecule has 1 aliphatic heterocycles. The van der Waals surface area contributed by atoms with Gasteiger partial charge in [0.05, 0.1) is 16.9 Å². The number of sulfone groups is 1. The average Bonchev–Trinajstić information content (AvgIpc) is 3.32. The number of hydrogen-bond acceptors (Lipinski definition) is 7. The summed E-state index contributed by atoms with van der Waals surface area (Å²) < 4.78 is 23.9. The maximum absolute atomic E-state index is 11.9. The lowest BCUT2D eigenvalue weighted by molar-refractivity contribution is 0.602. The van der Waals surface area contributed by atoms with E-state index in [0.29, 0.717) is 23.8 Å². The van der Waals surface area contributed by atoms with Crippen LogP contribution >= 0.6 is 11.3 Å². The van der Waals surface area contributed by atoms with Gasteiger partial charge in [-0.2, -0.15) is 0 Å². The molecule has 1 saturated heterocycles. The third kappa shape index (κ3) is 3.61. The molecule has 0 aliphatic carbocycles. The van der Waals surface area contributed by atoms with Crippen LogP contribution in [-0.2, 0) is 9.84 Å². The number of rotatable bonds is 4. The molecule has 4 aromatic rings. The lowest BCUT2D eigenvalue weighted by atomic mass is 10.1. The summed E-state index contributed by atoms with van der Waals surface area (Å²) in [6.07, 6.45) is 2.29. The SMILES string of the molecule is O=S1(=O)CC[C@H](Nc2nc(-c3ccccn3)nc3scc(-c4ccccc4)c23)C1. The quantitative estimate of drug-likeness (QED) is 0.535. The summed E-state index contributed by atoms with van der Waals surface area (Å²) in [6, 6.07) is 15.6. The minimum Gasteiger partial charge on any atom is -0.366 e. The molecule has 1 atom stereocenters. The van der Waals surface area contributed by atoms with Crippen LogP contribution in [0, 0.1) is 0 Å². The summed E-state index contributed by atoms with van der Waals surface area (Å²) in [7, 11) is -3.00. The highest BCUT2D eigenvalue weighted by Crippen LogP contribution is 2.38. The molecule has 0 bridgehead atoms. The topological polar surface area (TPSA) is 84.8 Å². The fourth-order valence-electron chi connectivity index (χ4n) is 3.59. The number of nitrogens with one attached hydrogen (secondary N) is 1. The third-order valence-electron chi connectivity index (χ3n) is 4.99. The fraction of sp³-hybridized carbons (Fsp3) is 0.190. The zero-order chi connectivity index (χ0) is 19.8. The Kier molecular flexibility index (Phi) is 4.52. The van der Waals surface area contributed by atoms with E-state index in [1.807, 2.05) is 36.4 Å². The number of hydrogen-bond donors (Lipinski definition) is 1. The van der Waals surface area contributed by atoms with Gasteiger partial charge in [0, 0.05) is 23.2 Å². The van der Waals surface area contributed by atoms with Crippen molar-refractivity contribution < 1.29 is 8.42 Å². The van der Waals surface area contributed by atoms with Crippen LogP contribution in [0.4, 0.5) is 5.82 Å². The molecular weight excluding hydrogens is 404 g/mol. The molecule has 1 aromatic carbocycles. The minimum atomic E-state index is -3.00. The van der Waals surface area contributed by atoms with Crippen molar-refractivity contribution in [3.8, 4) is 22.6 Å². The van der Waals surface area contributed by atoms with Crippen LogP contribution in [0.3, 0.4) is 0 Å². The predicted octanol–water partition coefficient (Wildman–Crippen LogP) is 4.02. The third-order valence-corrected chi connectivity index (χ3v) is 7.63. The molecule has 0 radical (unpaired) electrons. The number of fused-ring (bicyclic) bond motifs is 1. The second kappa shape index (κ2) is 7.20. The molecule has 0 saturated carbocycles. The van der Waals surface area contributed by atoms with E-state index in [9.17, 15) is 8.42 Å². The number of benzene rings is 1. The Bertz CT molecular complexity index is 1270. The van der Waals surface area contributed by atoms with Crippen molar-refractivity contribution in [2.45, 2.75) is 12.5 Å². The van der Waals surface area contributed by atoms with E-state index in [0.717, 1.165) is 21.3 Å². The lowest BCUT2D eigenvalue weighted by Gasteiger charge is -2.14. The molecule has 1 fully saturated rings. The van der Waals surface area contributed by atoms with E-state index >= 15 is 0 Å². The lowest BCUT2D eigenvalue weighted by Crippen LogP contribution is -2.21. The van der Waals surface area contributed by atoms with Crippen LogP contribution in [0.1, 0.15) is 6.42 Å². The molecule has 5 rings (SSSR count). The van der Waals surface area contributed by atoms with Crippen LogP contribution in [0.5, 0.6) is 0 Å². The Morgan fingerprint density at radius 2 is 1.86 bits per heavy atom. The molecule has 1 N–H and O–H groups in total. The van der Waals surface area contributed by atoms with Crippen LogP contribution in [0.2, 0.25) is 0 Å². The first-order valence-electron chi connectivity index (χ1n) is 9.32. The van der Waals surface area contributed by atoms with E-state index in [-0.39, 0.29) is 17.5 Å². The zero-order valence-corrected chi connectivity index (χ0v) is 17.1. The highest BCUT2D eigenvalue weighted by Gasteiger charge is 2.29. The van der Waals surface area contributed by atoms with Gasteiger partial charge < -0.3 is 5.32 Å².